The minimum absolute atomic E-state index is 0.736. The molecule has 110 valence electrons. The smallest absolute Gasteiger partial charge is 0.0223 e. The van der Waals surface area contributed by atoms with E-state index in [1.165, 1.54) is 71.5 Å². The van der Waals surface area contributed by atoms with Gasteiger partial charge in [0.25, 0.3) is 0 Å². The predicted octanol–water partition coefficient (Wildman–Crippen LogP) is 1.89. The maximum Gasteiger partial charge on any atom is 0.0223 e. The molecule has 3 nitrogen and oxygen atoms in total. The summed E-state index contributed by atoms with van der Waals surface area (Å²) in [6, 6.07) is 1.62. The maximum absolute atomic E-state index is 2.78. The van der Waals surface area contributed by atoms with Crippen molar-refractivity contribution < 1.29 is 0 Å². The van der Waals surface area contributed by atoms with Crippen LogP contribution in [0.5, 0.6) is 0 Å². The second kappa shape index (κ2) is 6.11. The Morgan fingerprint density at radius 3 is 2.58 bits per heavy atom. The first kappa shape index (κ1) is 13.8. The van der Waals surface area contributed by atoms with Crippen molar-refractivity contribution >= 4 is 0 Å². The van der Waals surface area contributed by atoms with Crippen molar-refractivity contribution in [2.24, 2.45) is 5.92 Å². The van der Waals surface area contributed by atoms with Gasteiger partial charge in [-0.1, -0.05) is 0 Å². The summed E-state index contributed by atoms with van der Waals surface area (Å²) in [4.78, 5) is 8.18. The van der Waals surface area contributed by atoms with E-state index in [-0.39, 0.29) is 0 Å². The average molecular weight is 265 g/mol. The standard InChI is InChI=1S/C16H31N3/c1-14(2)19-10-6-15(12-19)11-17-7-4-9-18-8-3-5-16(18)13-17/h14-16H,3-13H2,1-2H3. The number of hydrogen-bond acceptors (Lipinski definition) is 3. The summed E-state index contributed by atoms with van der Waals surface area (Å²) in [5.74, 6) is 0.926. The molecule has 3 heteroatoms. The molecule has 0 bridgehead atoms. The van der Waals surface area contributed by atoms with Crippen LogP contribution < -0.4 is 0 Å². The minimum Gasteiger partial charge on any atom is -0.301 e. The zero-order valence-electron chi connectivity index (χ0n) is 12.9. The summed E-state index contributed by atoms with van der Waals surface area (Å²) in [5, 5.41) is 0. The molecule has 3 aliphatic heterocycles. The van der Waals surface area contributed by atoms with Crippen molar-refractivity contribution in [1.82, 2.24) is 14.7 Å². The summed E-state index contributed by atoms with van der Waals surface area (Å²) in [6.07, 6.45) is 5.68. The van der Waals surface area contributed by atoms with Crippen LogP contribution in [0.3, 0.4) is 0 Å². The second-order valence-electron chi connectivity index (χ2n) is 7.19. The SMILES string of the molecule is CC(C)N1CCC(CN2CCCN3CCCC3C2)C1. The summed E-state index contributed by atoms with van der Waals surface area (Å²) in [5.41, 5.74) is 0. The normalized spacial score (nSPS) is 34.9. The van der Waals surface area contributed by atoms with E-state index in [1.807, 2.05) is 0 Å². The van der Waals surface area contributed by atoms with Crippen molar-refractivity contribution in [2.45, 2.75) is 51.6 Å². The summed E-state index contributed by atoms with van der Waals surface area (Å²) in [7, 11) is 0. The van der Waals surface area contributed by atoms with Gasteiger partial charge in [0.1, 0.15) is 0 Å². The molecule has 3 heterocycles. The number of fused-ring (bicyclic) bond motifs is 1. The van der Waals surface area contributed by atoms with E-state index in [4.69, 9.17) is 0 Å². The monoisotopic (exact) mass is 265 g/mol. The van der Waals surface area contributed by atoms with Gasteiger partial charge in [-0.05, 0) is 71.6 Å². The van der Waals surface area contributed by atoms with E-state index < -0.39 is 0 Å². The molecule has 0 spiro atoms. The molecule has 0 aliphatic carbocycles. The van der Waals surface area contributed by atoms with Gasteiger partial charge in [-0.15, -0.1) is 0 Å². The van der Waals surface area contributed by atoms with Gasteiger partial charge in [-0.2, -0.15) is 0 Å². The quantitative estimate of drug-likeness (QED) is 0.771. The van der Waals surface area contributed by atoms with Gasteiger partial charge in [-0.3, -0.25) is 4.90 Å². The Morgan fingerprint density at radius 2 is 1.79 bits per heavy atom. The Hall–Kier alpha value is -0.120. The lowest BCUT2D eigenvalue weighted by molar-refractivity contribution is 0.192. The zero-order chi connectivity index (χ0) is 13.2. The highest BCUT2D eigenvalue weighted by Gasteiger charge is 2.31. The molecule has 3 fully saturated rings. The predicted molar refractivity (Wildman–Crippen MR) is 80.5 cm³/mol. The van der Waals surface area contributed by atoms with E-state index in [2.05, 4.69) is 28.5 Å². The molecule has 0 aromatic rings. The maximum atomic E-state index is 2.78. The lowest BCUT2D eigenvalue weighted by Crippen LogP contribution is -2.39. The molecule has 3 aliphatic rings. The molecule has 0 aromatic heterocycles. The number of rotatable bonds is 3. The largest absolute Gasteiger partial charge is 0.301 e. The fraction of sp³-hybridized carbons (Fsp3) is 1.00. The topological polar surface area (TPSA) is 9.72 Å². The third-order valence-electron chi connectivity index (χ3n) is 5.45. The van der Waals surface area contributed by atoms with Crippen LogP contribution in [0.1, 0.15) is 39.5 Å². The highest BCUT2D eigenvalue weighted by atomic mass is 15.3. The number of likely N-dealkylation sites (tertiary alicyclic amines) is 1. The molecule has 3 saturated heterocycles. The third kappa shape index (κ3) is 3.32. The molecular formula is C16H31N3. The van der Waals surface area contributed by atoms with Crippen molar-refractivity contribution in [3.63, 3.8) is 0 Å². The molecule has 0 saturated carbocycles. The van der Waals surface area contributed by atoms with Crippen LogP contribution in [-0.2, 0) is 0 Å². The minimum atomic E-state index is 0.736. The fourth-order valence-electron chi connectivity index (χ4n) is 4.29. The van der Waals surface area contributed by atoms with Crippen LogP contribution in [-0.4, -0.2) is 72.6 Å². The van der Waals surface area contributed by atoms with Crippen LogP contribution in [0.25, 0.3) is 0 Å². The van der Waals surface area contributed by atoms with Gasteiger partial charge in [-0.25, -0.2) is 0 Å². The number of hydrogen-bond donors (Lipinski definition) is 0. The highest BCUT2D eigenvalue weighted by molar-refractivity contribution is 4.87. The summed E-state index contributed by atoms with van der Waals surface area (Å²) >= 11 is 0. The molecule has 0 amide bonds. The van der Waals surface area contributed by atoms with Crippen molar-refractivity contribution in [1.29, 1.82) is 0 Å². The molecule has 19 heavy (non-hydrogen) atoms. The van der Waals surface area contributed by atoms with Gasteiger partial charge < -0.3 is 9.80 Å². The number of nitrogens with zero attached hydrogens (tertiary/aromatic N) is 3. The van der Waals surface area contributed by atoms with E-state index in [0.29, 0.717) is 0 Å². The van der Waals surface area contributed by atoms with Gasteiger partial charge in [0.2, 0.25) is 0 Å². The molecule has 0 radical (unpaired) electrons. The van der Waals surface area contributed by atoms with Crippen molar-refractivity contribution in [2.75, 3.05) is 45.8 Å². The molecule has 3 rings (SSSR count). The van der Waals surface area contributed by atoms with Crippen LogP contribution in [0.15, 0.2) is 0 Å². The van der Waals surface area contributed by atoms with Crippen LogP contribution >= 0.6 is 0 Å². The Balaban J connectivity index is 1.49. The summed E-state index contributed by atoms with van der Waals surface area (Å²) < 4.78 is 0. The Bertz CT molecular complexity index is 292. The first-order valence-electron chi connectivity index (χ1n) is 8.43. The fourth-order valence-corrected chi connectivity index (χ4v) is 4.29. The van der Waals surface area contributed by atoms with E-state index in [9.17, 15) is 0 Å². The average Bonchev–Trinajstić information content (AvgIpc) is 2.96. The first-order chi connectivity index (χ1) is 9.22. The Morgan fingerprint density at radius 1 is 0.947 bits per heavy atom. The summed E-state index contributed by atoms with van der Waals surface area (Å²) in [6.45, 7) is 14.1. The van der Waals surface area contributed by atoms with E-state index in [0.717, 1.165) is 18.0 Å². The van der Waals surface area contributed by atoms with Crippen LogP contribution in [0, 0.1) is 5.92 Å². The first-order valence-corrected chi connectivity index (χ1v) is 8.43. The van der Waals surface area contributed by atoms with Gasteiger partial charge in [0.05, 0.1) is 0 Å². The van der Waals surface area contributed by atoms with Crippen molar-refractivity contribution in [3.8, 4) is 0 Å². The third-order valence-corrected chi connectivity index (χ3v) is 5.45. The van der Waals surface area contributed by atoms with E-state index >= 15 is 0 Å². The molecule has 2 unspecified atom stereocenters. The van der Waals surface area contributed by atoms with Crippen LogP contribution in [0.2, 0.25) is 0 Å². The lowest BCUT2D eigenvalue weighted by atomic mass is 10.1. The Kier molecular flexibility index (Phi) is 4.45. The molecule has 0 aromatic carbocycles. The molecule has 0 N–H and O–H groups in total. The van der Waals surface area contributed by atoms with Gasteiger partial charge in [0, 0.05) is 31.7 Å². The second-order valence-corrected chi connectivity index (χ2v) is 7.19. The Labute approximate surface area is 118 Å². The van der Waals surface area contributed by atoms with Gasteiger partial charge in [0.15, 0.2) is 0 Å². The lowest BCUT2D eigenvalue weighted by Gasteiger charge is -2.28. The zero-order valence-corrected chi connectivity index (χ0v) is 12.9. The van der Waals surface area contributed by atoms with Crippen molar-refractivity contribution in [3.05, 3.63) is 0 Å². The van der Waals surface area contributed by atoms with E-state index in [1.54, 1.807) is 0 Å². The van der Waals surface area contributed by atoms with Gasteiger partial charge >= 0.3 is 0 Å². The van der Waals surface area contributed by atoms with Crippen LogP contribution in [0.4, 0.5) is 0 Å². The molecule has 2 atom stereocenters. The highest BCUT2D eigenvalue weighted by Crippen LogP contribution is 2.24. The molecular weight excluding hydrogens is 234 g/mol.